The second-order valence-corrected chi connectivity index (χ2v) is 11.2. The number of rotatable bonds is 7. The van der Waals surface area contributed by atoms with Crippen molar-refractivity contribution in [2.24, 2.45) is 11.8 Å². The van der Waals surface area contributed by atoms with Gasteiger partial charge >= 0.3 is 0 Å². The zero-order chi connectivity index (χ0) is 26.4. The normalized spacial score (nSPS) is 27.0. The molecule has 2 saturated heterocycles. The molecule has 1 aromatic heterocycles. The fourth-order valence-corrected chi connectivity index (χ4v) is 6.74. The molecule has 2 N–H and O–H groups in total. The predicted octanol–water partition coefficient (Wildman–Crippen LogP) is 3.65. The van der Waals surface area contributed by atoms with Crippen molar-refractivity contribution in [3.8, 4) is 0 Å². The Labute approximate surface area is 225 Å². The SMILES string of the molecule is Cc1ccc(N2C(=O)[C@H]3[C@@H](C(=O)NCc4cccs4)[C@H]4C=C[C@@]3(O4)[C@@H]2C(=O)NCc2ccccc2)c(C)c1. The standard InChI is InChI=1S/C30H29N3O4S/c1-18-10-11-22(19(2)15-18)33-26(28(35)31-16-20-7-4-3-5-8-20)30-13-12-23(37-30)24(25(30)29(33)36)27(34)32-17-21-9-6-14-38-21/h3-15,23-26H,16-17H2,1-2H3,(H,31,35)(H,32,34)/t23-,24+,25-,26+,30+/m1/s1. The van der Waals surface area contributed by atoms with Crippen LogP contribution in [-0.4, -0.2) is 35.5 Å². The van der Waals surface area contributed by atoms with Crippen molar-refractivity contribution >= 4 is 34.7 Å². The molecular formula is C30H29N3O4S. The highest BCUT2D eigenvalue weighted by atomic mass is 32.1. The van der Waals surface area contributed by atoms with Crippen LogP contribution < -0.4 is 15.5 Å². The summed E-state index contributed by atoms with van der Waals surface area (Å²) in [5.74, 6) is -2.32. The lowest BCUT2D eigenvalue weighted by atomic mass is 9.74. The molecule has 0 radical (unpaired) electrons. The molecule has 3 aromatic rings. The van der Waals surface area contributed by atoms with E-state index in [-0.39, 0.29) is 17.7 Å². The zero-order valence-electron chi connectivity index (χ0n) is 21.2. The monoisotopic (exact) mass is 527 g/mol. The molecule has 2 aromatic carbocycles. The van der Waals surface area contributed by atoms with Crippen LogP contribution in [0.5, 0.6) is 0 Å². The summed E-state index contributed by atoms with van der Waals surface area (Å²) in [5.41, 5.74) is 2.33. The van der Waals surface area contributed by atoms with Gasteiger partial charge in [0.15, 0.2) is 0 Å². The van der Waals surface area contributed by atoms with Crippen molar-refractivity contribution in [2.45, 2.75) is 44.7 Å². The van der Waals surface area contributed by atoms with Gasteiger partial charge < -0.3 is 15.4 Å². The fraction of sp³-hybridized carbons (Fsp3) is 0.300. The van der Waals surface area contributed by atoms with Crippen LogP contribution in [0.3, 0.4) is 0 Å². The van der Waals surface area contributed by atoms with E-state index in [1.54, 1.807) is 16.2 Å². The molecular weight excluding hydrogens is 498 g/mol. The first-order chi connectivity index (χ1) is 18.4. The molecule has 7 nitrogen and oxygen atoms in total. The maximum atomic E-state index is 14.2. The lowest BCUT2D eigenvalue weighted by Gasteiger charge is -2.32. The van der Waals surface area contributed by atoms with E-state index in [4.69, 9.17) is 4.74 Å². The highest BCUT2D eigenvalue weighted by molar-refractivity contribution is 7.09. The number of carbonyl (C=O) groups is 3. The lowest BCUT2D eigenvalue weighted by Crippen LogP contribution is -2.54. The number of carbonyl (C=O) groups excluding carboxylic acids is 3. The number of anilines is 1. The minimum Gasteiger partial charge on any atom is -0.359 e. The first-order valence-electron chi connectivity index (χ1n) is 12.8. The van der Waals surface area contributed by atoms with Crippen LogP contribution in [0.2, 0.25) is 0 Å². The Hall–Kier alpha value is -3.75. The molecule has 4 heterocycles. The molecule has 0 aliphatic carbocycles. The summed E-state index contributed by atoms with van der Waals surface area (Å²) in [6.07, 6.45) is 3.11. The molecule has 38 heavy (non-hydrogen) atoms. The van der Waals surface area contributed by atoms with Crippen molar-refractivity contribution in [3.63, 3.8) is 0 Å². The Morgan fingerprint density at radius 2 is 1.79 bits per heavy atom. The van der Waals surface area contributed by atoms with Gasteiger partial charge in [-0.15, -0.1) is 11.3 Å². The van der Waals surface area contributed by atoms with E-state index in [2.05, 4.69) is 10.6 Å². The van der Waals surface area contributed by atoms with Crippen LogP contribution in [0, 0.1) is 25.7 Å². The Kier molecular flexibility index (Phi) is 6.16. The minimum absolute atomic E-state index is 0.237. The van der Waals surface area contributed by atoms with Crippen LogP contribution in [-0.2, 0) is 32.2 Å². The van der Waals surface area contributed by atoms with Crippen molar-refractivity contribution in [1.82, 2.24) is 10.6 Å². The van der Waals surface area contributed by atoms with Gasteiger partial charge in [0, 0.05) is 17.1 Å². The number of hydrogen-bond acceptors (Lipinski definition) is 5. The van der Waals surface area contributed by atoms with Crippen LogP contribution in [0.4, 0.5) is 5.69 Å². The van der Waals surface area contributed by atoms with Crippen molar-refractivity contribution in [2.75, 3.05) is 4.90 Å². The summed E-state index contributed by atoms with van der Waals surface area (Å²) in [4.78, 5) is 44.1. The van der Waals surface area contributed by atoms with Crippen molar-refractivity contribution < 1.29 is 19.1 Å². The quantitative estimate of drug-likeness (QED) is 0.459. The molecule has 2 fully saturated rings. The number of nitrogens with zero attached hydrogens (tertiary/aromatic N) is 1. The highest BCUT2D eigenvalue weighted by Gasteiger charge is 2.73. The first kappa shape index (κ1) is 24.6. The minimum atomic E-state index is -1.22. The summed E-state index contributed by atoms with van der Waals surface area (Å²) in [7, 11) is 0. The van der Waals surface area contributed by atoms with Gasteiger partial charge in [0.05, 0.1) is 24.5 Å². The van der Waals surface area contributed by atoms with Gasteiger partial charge in [0.1, 0.15) is 11.6 Å². The van der Waals surface area contributed by atoms with Gasteiger partial charge in [0.2, 0.25) is 17.7 Å². The molecule has 3 amide bonds. The number of nitrogens with one attached hydrogen (secondary N) is 2. The van der Waals surface area contributed by atoms with E-state index in [0.29, 0.717) is 18.8 Å². The lowest BCUT2D eigenvalue weighted by molar-refractivity contribution is -0.132. The smallest absolute Gasteiger partial charge is 0.246 e. The number of thiophene rings is 1. The maximum absolute atomic E-state index is 14.2. The Morgan fingerprint density at radius 1 is 1.00 bits per heavy atom. The fourth-order valence-electron chi connectivity index (χ4n) is 6.09. The maximum Gasteiger partial charge on any atom is 0.246 e. The average molecular weight is 528 g/mol. The Balaban J connectivity index is 1.35. The van der Waals surface area contributed by atoms with Crippen molar-refractivity contribution in [3.05, 3.63) is 99.8 Å². The summed E-state index contributed by atoms with van der Waals surface area (Å²) in [6, 6.07) is 18.4. The molecule has 3 aliphatic heterocycles. The van der Waals surface area contributed by atoms with Gasteiger partial charge in [0.25, 0.3) is 0 Å². The summed E-state index contributed by atoms with van der Waals surface area (Å²) in [6.45, 7) is 4.63. The van der Waals surface area contributed by atoms with E-state index >= 15 is 0 Å². The van der Waals surface area contributed by atoms with Gasteiger partial charge in [-0.1, -0.05) is 66.2 Å². The number of hydrogen-bond donors (Lipinski definition) is 2. The molecule has 6 rings (SSSR count). The predicted molar refractivity (Wildman–Crippen MR) is 145 cm³/mol. The highest BCUT2D eigenvalue weighted by Crippen LogP contribution is 2.56. The zero-order valence-corrected chi connectivity index (χ0v) is 22.0. The third-order valence-electron chi connectivity index (χ3n) is 7.76. The molecule has 5 atom stereocenters. The van der Waals surface area contributed by atoms with E-state index in [1.165, 1.54) is 0 Å². The van der Waals surface area contributed by atoms with Gasteiger partial charge in [-0.2, -0.15) is 0 Å². The van der Waals surface area contributed by atoms with E-state index in [1.807, 2.05) is 92.0 Å². The van der Waals surface area contributed by atoms with Gasteiger partial charge in [-0.25, -0.2) is 0 Å². The van der Waals surface area contributed by atoms with Crippen LogP contribution in [0.1, 0.15) is 21.6 Å². The molecule has 0 saturated carbocycles. The van der Waals surface area contributed by atoms with Gasteiger partial charge in [-0.3, -0.25) is 19.3 Å². The van der Waals surface area contributed by atoms with E-state index in [9.17, 15) is 14.4 Å². The number of ether oxygens (including phenoxy) is 1. The molecule has 194 valence electrons. The summed E-state index contributed by atoms with van der Waals surface area (Å²) >= 11 is 1.56. The van der Waals surface area contributed by atoms with Crippen LogP contribution in [0.25, 0.3) is 0 Å². The number of aryl methyl sites for hydroxylation is 2. The number of benzene rings is 2. The Bertz CT molecular complexity index is 1420. The second-order valence-electron chi connectivity index (χ2n) is 10.2. The molecule has 3 aliphatic rings. The summed E-state index contributed by atoms with van der Waals surface area (Å²) < 4.78 is 6.43. The largest absolute Gasteiger partial charge is 0.359 e. The number of amides is 3. The average Bonchev–Trinajstić information content (AvgIpc) is 3.69. The van der Waals surface area contributed by atoms with E-state index in [0.717, 1.165) is 21.6 Å². The third-order valence-corrected chi connectivity index (χ3v) is 8.64. The van der Waals surface area contributed by atoms with E-state index < -0.39 is 29.6 Å². The Morgan fingerprint density at radius 3 is 2.53 bits per heavy atom. The van der Waals surface area contributed by atoms with Crippen LogP contribution >= 0.6 is 11.3 Å². The second kappa shape index (κ2) is 9.53. The molecule has 1 spiro atoms. The van der Waals surface area contributed by atoms with Gasteiger partial charge in [-0.05, 0) is 42.5 Å². The first-order valence-corrected chi connectivity index (χ1v) is 13.7. The third kappa shape index (κ3) is 3.95. The molecule has 2 bridgehead atoms. The molecule has 0 unspecified atom stereocenters. The number of fused-ring (bicyclic) bond motifs is 1. The summed E-state index contributed by atoms with van der Waals surface area (Å²) in [5, 5.41) is 7.98. The van der Waals surface area contributed by atoms with Crippen molar-refractivity contribution in [1.29, 1.82) is 0 Å². The van der Waals surface area contributed by atoms with Crippen LogP contribution in [0.15, 0.2) is 78.2 Å². The topological polar surface area (TPSA) is 87.7 Å². The molecule has 8 heteroatoms.